The fraction of sp³-hybridized carbons (Fsp3) is 0.350. The van der Waals surface area contributed by atoms with E-state index in [0.717, 1.165) is 30.1 Å². The molecule has 1 saturated heterocycles. The van der Waals surface area contributed by atoms with Gasteiger partial charge in [0, 0.05) is 49.1 Å². The van der Waals surface area contributed by atoms with Crippen molar-refractivity contribution in [2.75, 3.05) is 29.9 Å². The van der Waals surface area contributed by atoms with Crippen LogP contribution < -0.4 is 9.80 Å². The van der Waals surface area contributed by atoms with Crippen molar-refractivity contribution in [1.82, 2.24) is 15.2 Å². The zero-order chi connectivity index (χ0) is 17.2. The fourth-order valence-electron chi connectivity index (χ4n) is 3.79. The molecule has 1 aliphatic heterocycles. The molecular formula is C20H23N5. The zero-order valence-electron chi connectivity index (χ0n) is 14.8. The van der Waals surface area contributed by atoms with E-state index in [1.54, 1.807) is 6.20 Å². The SMILES string of the molecule is Cc1cc(N(C)CC2CCCN2c2cccnn2)c2ccccc2n1. The lowest BCUT2D eigenvalue weighted by Gasteiger charge is -2.31. The van der Waals surface area contributed by atoms with Crippen LogP contribution in [-0.2, 0) is 0 Å². The quantitative estimate of drug-likeness (QED) is 0.732. The van der Waals surface area contributed by atoms with Crippen LogP contribution in [0.4, 0.5) is 11.5 Å². The van der Waals surface area contributed by atoms with Crippen molar-refractivity contribution in [3.8, 4) is 0 Å². The maximum Gasteiger partial charge on any atom is 0.151 e. The van der Waals surface area contributed by atoms with Crippen molar-refractivity contribution in [2.24, 2.45) is 0 Å². The summed E-state index contributed by atoms with van der Waals surface area (Å²) in [6.07, 6.45) is 4.11. The van der Waals surface area contributed by atoms with Gasteiger partial charge in [-0.05, 0) is 44.0 Å². The van der Waals surface area contributed by atoms with Crippen LogP contribution >= 0.6 is 0 Å². The summed E-state index contributed by atoms with van der Waals surface area (Å²) in [6.45, 7) is 4.07. The molecule has 3 aromatic rings. The summed E-state index contributed by atoms with van der Waals surface area (Å²) in [7, 11) is 2.17. The second-order valence-corrected chi connectivity index (χ2v) is 6.75. The zero-order valence-corrected chi connectivity index (χ0v) is 14.8. The summed E-state index contributed by atoms with van der Waals surface area (Å²) in [5.74, 6) is 0.981. The summed E-state index contributed by atoms with van der Waals surface area (Å²) in [6, 6.07) is 15.0. The summed E-state index contributed by atoms with van der Waals surface area (Å²) < 4.78 is 0. The number of nitrogens with zero attached hydrogens (tertiary/aromatic N) is 5. The van der Waals surface area contributed by atoms with E-state index in [0.29, 0.717) is 6.04 Å². The number of aromatic nitrogens is 3. The number of pyridine rings is 1. The molecule has 5 heteroatoms. The largest absolute Gasteiger partial charge is 0.372 e. The normalized spacial score (nSPS) is 17.2. The molecule has 1 atom stereocenters. The minimum Gasteiger partial charge on any atom is -0.372 e. The first-order chi connectivity index (χ1) is 12.2. The third kappa shape index (κ3) is 3.14. The van der Waals surface area contributed by atoms with Gasteiger partial charge in [0.1, 0.15) is 0 Å². The standard InChI is InChI=1S/C20H23N5/c1-15-13-19(17-8-3-4-9-18(17)22-15)24(2)14-16-7-6-12-25(16)20-10-5-11-21-23-20/h3-5,8-11,13,16H,6-7,12,14H2,1-2H3. The molecule has 0 N–H and O–H groups in total. The Morgan fingerprint density at radius 2 is 2.08 bits per heavy atom. The smallest absolute Gasteiger partial charge is 0.151 e. The number of fused-ring (bicyclic) bond motifs is 1. The summed E-state index contributed by atoms with van der Waals surface area (Å²) in [5, 5.41) is 9.55. The first-order valence-corrected chi connectivity index (χ1v) is 8.84. The van der Waals surface area contributed by atoms with Crippen LogP contribution in [0, 0.1) is 6.92 Å². The highest BCUT2D eigenvalue weighted by atomic mass is 15.3. The molecule has 3 heterocycles. The third-order valence-electron chi connectivity index (χ3n) is 4.95. The van der Waals surface area contributed by atoms with E-state index in [1.807, 2.05) is 12.1 Å². The Hall–Kier alpha value is -2.69. The van der Waals surface area contributed by atoms with Crippen LogP contribution in [0.3, 0.4) is 0 Å². The molecule has 1 fully saturated rings. The number of aryl methyl sites for hydroxylation is 1. The molecule has 4 rings (SSSR count). The molecule has 5 nitrogen and oxygen atoms in total. The van der Waals surface area contributed by atoms with Crippen molar-refractivity contribution < 1.29 is 0 Å². The molecule has 0 amide bonds. The van der Waals surface area contributed by atoms with E-state index in [2.05, 4.69) is 69.3 Å². The van der Waals surface area contributed by atoms with Gasteiger partial charge in [-0.1, -0.05) is 18.2 Å². The Kier molecular flexibility index (Phi) is 4.22. The molecule has 128 valence electrons. The first kappa shape index (κ1) is 15.8. The number of rotatable bonds is 4. The van der Waals surface area contributed by atoms with Gasteiger partial charge in [0.2, 0.25) is 0 Å². The maximum atomic E-state index is 4.66. The number of benzene rings is 1. The van der Waals surface area contributed by atoms with Gasteiger partial charge < -0.3 is 9.80 Å². The molecular weight excluding hydrogens is 310 g/mol. The van der Waals surface area contributed by atoms with Crippen molar-refractivity contribution in [3.05, 3.63) is 54.4 Å². The van der Waals surface area contributed by atoms with Crippen molar-refractivity contribution >= 4 is 22.4 Å². The van der Waals surface area contributed by atoms with Gasteiger partial charge in [-0.15, -0.1) is 5.10 Å². The first-order valence-electron chi connectivity index (χ1n) is 8.84. The van der Waals surface area contributed by atoms with Gasteiger partial charge in [-0.3, -0.25) is 4.98 Å². The van der Waals surface area contributed by atoms with Gasteiger partial charge >= 0.3 is 0 Å². The summed E-state index contributed by atoms with van der Waals surface area (Å²) >= 11 is 0. The average molecular weight is 333 g/mol. The summed E-state index contributed by atoms with van der Waals surface area (Å²) in [5.41, 5.74) is 3.36. The predicted octanol–water partition coefficient (Wildman–Crippen LogP) is 3.44. The van der Waals surface area contributed by atoms with Crippen LogP contribution in [0.25, 0.3) is 10.9 Å². The Labute approximate surface area is 148 Å². The molecule has 1 aromatic carbocycles. The monoisotopic (exact) mass is 333 g/mol. The number of anilines is 2. The molecule has 0 bridgehead atoms. The van der Waals surface area contributed by atoms with E-state index in [4.69, 9.17) is 0 Å². The van der Waals surface area contributed by atoms with Crippen LogP contribution in [0.15, 0.2) is 48.7 Å². The molecule has 2 aromatic heterocycles. The van der Waals surface area contributed by atoms with E-state index in [9.17, 15) is 0 Å². The van der Waals surface area contributed by atoms with E-state index < -0.39 is 0 Å². The minimum atomic E-state index is 0.453. The lowest BCUT2D eigenvalue weighted by Crippen LogP contribution is -2.39. The summed E-state index contributed by atoms with van der Waals surface area (Å²) in [4.78, 5) is 9.40. The average Bonchev–Trinajstić information content (AvgIpc) is 3.09. The minimum absolute atomic E-state index is 0.453. The lowest BCUT2D eigenvalue weighted by atomic mass is 10.1. The molecule has 25 heavy (non-hydrogen) atoms. The van der Waals surface area contributed by atoms with Crippen LogP contribution in [0.5, 0.6) is 0 Å². The second kappa shape index (κ2) is 6.67. The van der Waals surface area contributed by atoms with E-state index >= 15 is 0 Å². The predicted molar refractivity (Wildman–Crippen MR) is 102 cm³/mol. The Morgan fingerprint density at radius 1 is 1.20 bits per heavy atom. The fourth-order valence-corrected chi connectivity index (χ4v) is 3.79. The number of hydrogen-bond acceptors (Lipinski definition) is 5. The molecule has 0 spiro atoms. The second-order valence-electron chi connectivity index (χ2n) is 6.75. The highest BCUT2D eigenvalue weighted by molar-refractivity contribution is 5.91. The molecule has 0 radical (unpaired) electrons. The Morgan fingerprint density at radius 3 is 2.92 bits per heavy atom. The lowest BCUT2D eigenvalue weighted by molar-refractivity contribution is 0.647. The molecule has 1 aliphatic rings. The van der Waals surface area contributed by atoms with Gasteiger partial charge in [0.25, 0.3) is 0 Å². The Balaban J connectivity index is 1.61. The van der Waals surface area contributed by atoms with Crippen molar-refractivity contribution in [1.29, 1.82) is 0 Å². The van der Waals surface area contributed by atoms with Crippen LogP contribution in [-0.4, -0.2) is 41.4 Å². The van der Waals surface area contributed by atoms with Crippen molar-refractivity contribution in [2.45, 2.75) is 25.8 Å². The number of likely N-dealkylation sites (N-methyl/N-ethyl adjacent to an activating group) is 1. The van der Waals surface area contributed by atoms with Gasteiger partial charge in [0.05, 0.1) is 5.52 Å². The highest BCUT2D eigenvalue weighted by Crippen LogP contribution is 2.29. The van der Waals surface area contributed by atoms with Crippen LogP contribution in [0.1, 0.15) is 18.5 Å². The Bertz CT molecular complexity index is 864. The molecule has 1 unspecified atom stereocenters. The van der Waals surface area contributed by atoms with Gasteiger partial charge in [-0.2, -0.15) is 5.10 Å². The third-order valence-corrected chi connectivity index (χ3v) is 4.95. The topological polar surface area (TPSA) is 45.2 Å². The van der Waals surface area contributed by atoms with E-state index in [1.165, 1.54) is 23.9 Å². The molecule has 0 aliphatic carbocycles. The number of para-hydroxylation sites is 1. The van der Waals surface area contributed by atoms with Crippen LogP contribution in [0.2, 0.25) is 0 Å². The van der Waals surface area contributed by atoms with E-state index in [-0.39, 0.29) is 0 Å². The molecule has 0 saturated carbocycles. The highest BCUT2D eigenvalue weighted by Gasteiger charge is 2.27. The maximum absolute atomic E-state index is 4.66. The number of hydrogen-bond donors (Lipinski definition) is 0. The van der Waals surface area contributed by atoms with Crippen molar-refractivity contribution in [3.63, 3.8) is 0 Å². The van der Waals surface area contributed by atoms with Gasteiger partial charge in [0.15, 0.2) is 5.82 Å². The van der Waals surface area contributed by atoms with Gasteiger partial charge in [-0.25, -0.2) is 0 Å².